The molecule has 0 saturated heterocycles. The minimum absolute atomic E-state index is 0.0191. The Morgan fingerprint density at radius 2 is 2.15 bits per heavy atom. The fourth-order valence-electron chi connectivity index (χ4n) is 1.05. The lowest BCUT2D eigenvalue weighted by molar-refractivity contribution is -0.123. The SMILES string of the molecule is CCCC(C)NC(=O)CNOCC. The van der Waals surface area contributed by atoms with Crippen LogP contribution in [0.15, 0.2) is 0 Å². The summed E-state index contributed by atoms with van der Waals surface area (Å²) in [7, 11) is 0. The number of amides is 1. The van der Waals surface area contributed by atoms with Crippen LogP contribution in [-0.4, -0.2) is 25.1 Å². The molecule has 0 aliphatic rings. The molecule has 2 N–H and O–H groups in total. The first kappa shape index (κ1) is 12.4. The number of nitrogens with one attached hydrogen (secondary N) is 2. The predicted octanol–water partition coefficient (Wildman–Crippen LogP) is 0.832. The van der Waals surface area contributed by atoms with Crippen molar-refractivity contribution in [1.29, 1.82) is 0 Å². The van der Waals surface area contributed by atoms with Crippen molar-refractivity contribution in [3.63, 3.8) is 0 Å². The van der Waals surface area contributed by atoms with Crippen molar-refractivity contribution in [2.75, 3.05) is 13.2 Å². The molecule has 1 amide bonds. The molecule has 1 atom stereocenters. The molecule has 0 spiro atoms. The molecular weight excluding hydrogens is 168 g/mol. The number of hydrogen-bond donors (Lipinski definition) is 2. The molecule has 0 rings (SSSR count). The lowest BCUT2D eigenvalue weighted by atomic mass is 10.2. The van der Waals surface area contributed by atoms with Gasteiger partial charge in [-0.2, -0.15) is 5.48 Å². The normalized spacial score (nSPS) is 12.5. The van der Waals surface area contributed by atoms with Gasteiger partial charge >= 0.3 is 0 Å². The number of rotatable bonds is 7. The van der Waals surface area contributed by atoms with Crippen LogP contribution in [0.1, 0.15) is 33.6 Å². The number of hydrogen-bond acceptors (Lipinski definition) is 3. The summed E-state index contributed by atoms with van der Waals surface area (Å²) in [5.74, 6) is -0.0191. The van der Waals surface area contributed by atoms with Crippen molar-refractivity contribution < 1.29 is 9.63 Å². The Labute approximate surface area is 80.0 Å². The second-order valence-electron chi connectivity index (χ2n) is 3.01. The van der Waals surface area contributed by atoms with E-state index >= 15 is 0 Å². The first-order valence-electron chi connectivity index (χ1n) is 4.84. The average Bonchev–Trinajstić information content (AvgIpc) is 2.05. The number of carbonyl (C=O) groups excluding carboxylic acids is 1. The summed E-state index contributed by atoms with van der Waals surface area (Å²) in [6.07, 6.45) is 2.10. The molecule has 0 aromatic rings. The first-order valence-corrected chi connectivity index (χ1v) is 4.84. The van der Waals surface area contributed by atoms with E-state index in [1.54, 1.807) is 0 Å². The van der Waals surface area contributed by atoms with E-state index in [-0.39, 0.29) is 18.5 Å². The molecule has 0 fully saturated rings. The van der Waals surface area contributed by atoms with Gasteiger partial charge in [-0.05, 0) is 20.3 Å². The van der Waals surface area contributed by atoms with Crippen molar-refractivity contribution in [3.05, 3.63) is 0 Å². The fourth-order valence-corrected chi connectivity index (χ4v) is 1.05. The minimum Gasteiger partial charge on any atom is -0.352 e. The molecule has 0 heterocycles. The Bertz CT molecular complexity index is 140. The van der Waals surface area contributed by atoms with Gasteiger partial charge in [-0.25, -0.2) is 0 Å². The van der Waals surface area contributed by atoms with E-state index in [9.17, 15) is 4.79 Å². The Morgan fingerprint density at radius 1 is 1.46 bits per heavy atom. The Hall–Kier alpha value is -0.610. The third-order valence-electron chi connectivity index (χ3n) is 1.61. The maximum Gasteiger partial charge on any atom is 0.236 e. The van der Waals surface area contributed by atoms with E-state index in [0.29, 0.717) is 6.61 Å². The largest absolute Gasteiger partial charge is 0.352 e. The van der Waals surface area contributed by atoms with Gasteiger partial charge in [0.1, 0.15) is 0 Å². The highest BCUT2D eigenvalue weighted by atomic mass is 16.6. The summed E-state index contributed by atoms with van der Waals surface area (Å²) in [6.45, 7) is 6.76. The van der Waals surface area contributed by atoms with Crippen LogP contribution in [0.2, 0.25) is 0 Å². The highest BCUT2D eigenvalue weighted by Crippen LogP contribution is 1.93. The second-order valence-corrected chi connectivity index (χ2v) is 3.01. The number of carbonyl (C=O) groups is 1. The molecule has 0 aromatic carbocycles. The summed E-state index contributed by atoms with van der Waals surface area (Å²) >= 11 is 0. The zero-order valence-electron chi connectivity index (χ0n) is 8.72. The smallest absolute Gasteiger partial charge is 0.236 e. The molecule has 78 valence electrons. The van der Waals surface area contributed by atoms with Crippen molar-refractivity contribution in [3.8, 4) is 0 Å². The van der Waals surface area contributed by atoms with E-state index in [1.807, 2.05) is 13.8 Å². The van der Waals surface area contributed by atoms with E-state index < -0.39 is 0 Å². The summed E-state index contributed by atoms with van der Waals surface area (Å²) in [5, 5.41) is 2.86. The topological polar surface area (TPSA) is 50.4 Å². The monoisotopic (exact) mass is 188 g/mol. The van der Waals surface area contributed by atoms with Crippen LogP contribution in [0.5, 0.6) is 0 Å². The standard InChI is InChI=1S/C9H20N2O2/c1-4-6-8(3)11-9(12)7-10-13-5-2/h8,10H,4-7H2,1-3H3,(H,11,12). The van der Waals surface area contributed by atoms with Gasteiger partial charge < -0.3 is 10.2 Å². The summed E-state index contributed by atoms with van der Waals surface area (Å²) in [6, 6.07) is 0.251. The van der Waals surface area contributed by atoms with E-state index in [0.717, 1.165) is 12.8 Å². The molecule has 0 aromatic heterocycles. The average molecular weight is 188 g/mol. The maximum absolute atomic E-state index is 11.1. The van der Waals surface area contributed by atoms with Gasteiger partial charge in [0.25, 0.3) is 0 Å². The molecule has 0 saturated carbocycles. The summed E-state index contributed by atoms with van der Waals surface area (Å²) < 4.78 is 0. The lowest BCUT2D eigenvalue weighted by Crippen LogP contribution is -2.38. The van der Waals surface area contributed by atoms with Gasteiger partial charge in [0.05, 0.1) is 13.2 Å². The zero-order valence-corrected chi connectivity index (χ0v) is 8.72. The second kappa shape index (κ2) is 8.01. The molecule has 1 unspecified atom stereocenters. The molecule has 0 aliphatic carbocycles. The number of hydroxylamine groups is 1. The van der Waals surface area contributed by atoms with Crippen molar-refractivity contribution >= 4 is 5.91 Å². The highest BCUT2D eigenvalue weighted by molar-refractivity contribution is 5.78. The van der Waals surface area contributed by atoms with Crippen LogP contribution < -0.4 is 10.8 Å². The van der Waals surface area contributed by atoms with Gasteiger partial charge in [-0.3, -0.25) is 4.79 Å². The van der Waals surface area contributed by atoms with Gasteiger partial charge in [0.2, 0.25) is 5.91 Å². The quantitative estimate of drug-likeness (QED) is 0.459. The van der Waals surface area contributed by atoms with Gasteiger partial charge in [-0.1, -0.05) is 13.3 Å². The van der Waals surface area contributed by atoms with Gasteiger partial charge in [-0.15, -0.1) is 0 Å². The van der Waals surface area contributed by atoms with Crippen LogP contribution in [0.4, 0.5) is 0 Å². The molecule has 0 bridgehead atoms. The molecule has 13 heavy (non-hydrogen) atoms. The predicted molar refractivity (Wildman–Crippen MR) is 52.1 cm³/mol. The van der Waals surface area contributed by atoms with Crippen LogP contribution in [-0.2, 0) is 9.63 Å². The van der Waals surface area contributed by atoms with E-state index in [2.05, 4.69) is 17.7 Å². The third-order valence-corrected chi connectivity index (χ3v) is 1.61. The minimum atomic E-state index is -0.0191. The zero-order chi connectivity index (χ0) is 10.1. The van der Waals surface area contributed by atoms with Gasteiger partial charge in [0, 0.05) is 6.04 Å². The van der Waals surface area contributed by atoms with Crippen molar-refractivity contribution in [2.24, 2.45) is 0 Å². The Kier molecular flexibility index (Phi) is 7.63. The highest BCUT2D eigenvalue weighted by Gasteiger charge is 2.04. The molecule has 4 heteroatoms. The third kappa shape index (κ3) is 7.74. The Morgan fingerprint density at radius 3 is 2.69 bits per heavy atom. The lowest BCUT2D eigenvalue weighted by Gasteiger charge is -2.12. The maximum atomic E-state index is 11.1. The molecule has 4 nitrogen and oxygen atoms in total. The van der Waals surface area contributed by atoms with Crippen molar-refractivity contribution in [2.45, 2.75) is 39.7 Å². The van der Waals surface area contributed by atoms with Crippen LogP contribution in [0, 0.1) is 0 Å². The van der Waals surface area contributed by atoms with Gasteiger partial charge in [0.15, 0.2) is 0 Å². The Balaban J connectivity index is 3.38. The molecule has 0 aliphatic heterocycles. The van der Waals surface area contributed by atoms with Crippen LogP contribution in [0.3, 0.4) is 0 Å². The van der Waals surface area contributed by atoms with Crippen molar-refractivity contribution in [1.82, 2.24) is 10.8 Å². The summed E-state index contributed by atoms with van der Waals surface area (Å²) in [5.41, 5.74) is 2.57. The first-order chi connectivity index (χ1) is 6.20. The fraction of sp³-hybridized carbons (Fsp3) is 0.889. The molecule has 0 radical (unpaired) electrons. The molecular formula is C9H20N2O2. The summed E-state index contributed by atoms with van der Waals surface area (Å²) in [4.78, 5) is 16.0. The van der Waals surface area contributed by atoms with Crippen LogP contribution >= 0.6 is 0 Å². The van der Waals surface area contributed by atoms with E-state index in [1.165, 1.54) is 0 Å². The van der Waals surface area contributed by atoms with Crippen LogP contribution in [0.25, 0.3) is 0 Å². The van der Waals surface area contributed by atoms with E-state index in [4.69, 9.17) is 4.84 Å².